The number of nitrogens with zero attached hydrogens (tertiary/aromatic N) is 3. The molecule has 0 spiro atoms. The lowest BCUT2D eigenvalue weighted by atomic mass is 10.1. The number of hydrogen-bond donors (Lipinski definition) is 2. The lowest BCUT2D eigenvalue weighted by Gasteiger charge is -2.38. The first-order valence-corrected chi connectivity index (χ1v) is 10.6. The van der Waals surface area contributed by atoms with E-state index in [1.165, 1.54) is 19.4 Å². The van der Waals surface area contributed by atoms with Crippen LogP contribution in [-0.4, -0.2) is 83.2 Å². The van der Waals surface area contributed by atoms with Crippen molar-refractivity contribution < 1.29 is 24.6 Å². The molecule has 1 atom stereocenters. The Labute approximate surface area is 179 Å². The molecule has 0 aliphatic carbocycles. The van der Waals surface area contributed by atoms with Crippen molar-refractivity contribution in [1.29, 1.82) is 0 Å². The normalized spacial score (nSPS) is 15.6. The SMILES string of the molecule is CCCCN1CCN(CC(C)N(C(=O)CC)c2ccccc2)CC1.O=C(O)C(=O)O. The molecule has 1 aliphatic rings. The van der Waals surface area contributed by atoms with Crippen molar-refractivity contribution in [1.82, 2.24) is 9.80 Å². The van der Waals surface area contributed by atoms with Crippen LogP contribution in [0.25, 0.3) is 0 Å². The van der Waals surface area contributed by atoms with E-state index in [0.717, 1.165) is 38.4 Å². The third-order valence-electron chi connectivity index (χ3n) is 5.04. The molecule has 1 heterocycles. The average Bonchev–Trinajstić information content (AvgIpc) is 2.74. The van der Waals surface area contributed by atoms with Crippen LogP contribution in [0, 0.1) is 0 Å². The highest BCUT2D eigenvalue weighted by molar-refractivity contribution is 6.27. The molecule has 8 heteroatoms. The number of aliphatic carboxylic acids is 2. The van der Waals surface area contributed by atoms with Gasteiger partial charge in [-0.15, -0.1) is 0 Å². The lowest BCUT2D eigenvalue weighted by Crippen LogP contribution is -2.52. The van der Waals surface area contributed by atoms with Gasteiger partial charge in [0.25, 0.3) is 0 Å². The Kier molecular flexibility index (Phi) is 11.7. The highest BCUT2D eigenvalue weighted by Crippen LogP contribution is 2.19. The third-order valence-corrected chi connectivity index (χ3v) is 5.04. The van der Waals surface area contributed by atoms with Crippen LogP contribution in [0.2, 0.25) is 0 Å². The van der Waals surface area contributed by atoms with E-state index in [0.29, 0.717) is 6.42 Å². The molecule has 1 aliphatic heterocycles. The second-order valence-electron chi connectivity index (χ2n) is 7.41. The largest absolute Gasteiger partial charge is 0.473 e. The monoisotopic (exact) mass is 421 g/mol. The van der Waals surface area contributed by atoms with Crippen LogP contribution in [0.4, 0.5) is 5.69 Å². The van der Waals surface area contributed by atoms with Crippen LogP contribution in [-0.2, 0) is 14.4 Å². The van der Waals surface area contributed by atoms with E-state index < -0.39 is 11.9 Å². The molecule has 1 aromatic carbocycles. The molecule has 0 aromatic heterocycles. The quantitative estimate of drug-likeness (QED) is 0.622. The molecule has 1 saturated heterocycles. The van der Waals surface area contributed by atoms with Crippen LogP contribution in [0.3, 0.4) is 0 Å². The summed E-state index contributed by atoms with van der Waals surface area (Å²) in [7, 11) is 0. The number of para-hydroxylation sites is 1. The predicted octanol–water partition coefficient (Wildman–Crippen LogP) is 2.39. The van der Waals surface area contributed by atoms with Gasteiger partial charge in [-0.25, -0.2) is 9.59 Å². The van der Waals surface area contributed by atoms with Crippen LogP contribution < -0.4 is 4.90 Å². The Balaban J connectivity index is 0.000000656. The minimum Gasteiger partial charge on any atom is -0.473 e. The van der Waals surface area contributed by atoms with Crippen LogP contribution in [0.15, 0.2) is 30.3 Å². The number of anilines is 1. The summed E-state index contributed by atoms with van der Waals surface area (Å²) in [6, 6.07) is 10.3. The number of unbranched alkanes of at least 4 members (excludes halogenated alkanes) is 1. The van der Waals surface area contributed by atoms with E-state index in [2.05, 4.69) is 23.6 Å². The average molecular weight is 422 g/mol. The molecular formula is C22H35N3O5. The molecule has 1 amide bonds. The summed E-state index contributed by atoms with van der Waals surface area (Å²) < 4.78 is 0. The van der Waals surface area contributed by atoms with Crippen molar-refractivity contribution in [2.75, 3.05) is 44.2 Å². The van der Waals surface area contributed by atoms with Crippen LogP contribution >= 0.6 is 0 Å². The maximum absolute atomic E-state index is 12.5. The fraction of sp³-hybridized carbons (Fsp3) is 0.591. The zero-order valence-electron chi connectivity index (χ0n) is 18.3. The Morgan fingerprint density at radius 2 is 1.50 bits per heavy atom. The smallest absolute Gasteiger partial charge is 0.414 e. The number of hydrogen-bond acceptors (Lipinski definition) is 5. The molecule has 168 valence electrons. The maximum atomic E-state index is 12.5. The van der Waals surface area contributed by atoms with Crippen molar-refractivity contribution in [3.05, 3.63) is 30.3 Å². The number of amides is 1. The maximum Gasteiger partial charge on any atom is 0.414 e. The molecule has 1 aromatic rings. The number of carbonyl (C=O) groups excluding carboxylic acids is 1. The highest BCUT2D eigenvalue weighted by atomic mass is 16.4. The fourth-order valence-electron chi connectivity index (χ4n) is 3.44. The van der Waals surface area contributed by atoms with E-state index in [1.54, 1.807) is 0 Å². The summed E-state index contributed by atoms with van der Waals surface area (Å²) in [6.45, 7) is 13.1. The number of piperazine rings is 1. The Morgan fingerprint density at radius 1 is 0.967 bits per heavy atom. The first-order chi connectivity index (χ1) is 14.3. The number of carboxylic acids is 2. The summed E-state index contributed by atoms with van der Waals surface area (Å²) in [5.74, 6) is -3.44. The molecule has 0 bridgehead atoms. The standard InChI is InChI=1S/C20H33N3O.C2H2O4/c1-4-6-12-21-13-15-22(16-14-21)17-18(3)23(20(24)5-2)19-10-8-7-9-11-19;3-1(4)2(5)6/h7-11,18H,4-6,12-17H2,1-3H3;(H,3,4)(H,5,6). The van der Waals surface area contributed by atoms with Gasteiger partial charge in [0.05, 0.1) is 0 Å². The predicted molar refractivity (Wildman–Crippen MR) is 117 cm³/mol. The van der Waals surface area contributed by atoms with E-state index in [1.807, 2.05) is 42.2 Å². The van der Waals surface area contributed by atoms with E-state index in [-0.39, 0.29) is 11.9 Å². The zero-order chi connectivity index (χ0) is 22.5. The van der Waals surface area contributed by atoms with Gasteiger partial charge >= 0.3 is 11.9 Å². The Bertz CT molecular complexity index is 648. The molecule has 8 nitrogen and oxygen atoms in total. The van der Waals surface area contributed by atoms with Gasteiger partial charge in [-0.2, -0.15) is 0 Å². The third kappa shape index (κ3) is 8.92. The van der Waals surface area contributed by atoms with E-state index >= 15 is 0 Å². The Hall–Kier alpha value is -2.45. The molecule has 30 heavy (non-hydrogen) atoms. The fourth-order valence-corrected chi connectivity index (χ4v) is 3.44. The summed E-state index contributed by atoms with van der Waals surface area (Å²) in [6.07, 6.45) is 3.11. The molecule has 2 N–H and O–H groups in total. The number of carbonyl (C=O) groups is 3. The highest BCUT2D eigenvalue weighted by Gasteiger charge is 2.24. The Morgan fingerprint density at radius 3 is 1.97 bits per heavy atom. The van der Waals surface area contributed by atoms with Gasteiger partial charge in [-0.05, 0) is 32.0 Å². The lowest BCUT2D eigenvalue weighted by molar-refractivity contribution is -0.159. The minimum absolute atomic E-state index is 0.196. The number of carboxylic acid groups (broad SMARTS) is 2. The number of rotatable bonds is 8. The topological polar surface area (TPSA) is 101 Å². The van der Waals surface area contributed by atoms with Gasteiger partial charge in [0.1, 0.15) is 0 Å². The van der Waals surface area contributed by atoms with Gasteiger partial charge in [-0.1, -0.05) is 38.5 Å². The zero-order valence-corrected chi connectivity index (χ0v) is 18.3. The van der Waals surface area contributed by atoms with E-state index in [4.69, 9.17) is 19.8 Å². The number of benzene rings is 1. The second-order valence-corrected chi connectivity index (χ2v) is 7.41. The first-order valence-electron chi connectivity index (χ1n) is 10.6. The van der Waals surface area contributed by atoms with Crippen molar-refractivity contribution >= 4 is 23.5 Å². The summed E-state index contributed by atoms with van der Waals surface area (Å²) in [5, 5.41) is 14.8. The molecule has 2 rings (SSSR count). The molecule has 0 radical (unpaired) electrons. The van der Waals surface area contributed by atoms with Gasteiger partial charge in [0.2, 0.25) is 5.91 Å². The molecule has 1 fully saturated rings. The summed E-state index contributed by atoms with van der Waals surface area (Å²) in [4.78, 5) is 37.7. The van der Waals surface area contributed by atoms with Crippen molar-refractivity contribution in [3.63, 3.8) is 0 Å². The van der Waals surface area contributed by atoms with Crippen LogP contribution in [0.1, 0.15) is 40.0 Å². The van der Waals surface area contributed by atoms with Crippen molar-refractivity contribution in [2.24, 2.45) is 0 Å². The molecule has 1 unspecified atom stereocenters. The van der Waals surface area contributed by atoms with Gasteiger partial charge in [0, 0.05) is 50.9 Å². The summed E-state index contributed by atoms with van der Waals surface area (Å²) >= 11 is 0. The minimum atomic E-state index is -1.82. The second kappa shape index (κ2) is 13.7. The van der Waals surface area contributed by atoms with Crippen molar-refractivity contribution in [3.8, 4) is 0 Å². The van der Waals surface area contributed by atoms with Gasteiger partial charge in [0.15, 0.2) is 0 Å². The summed E-state index contributed by atoms with van der Waals surface area (Å²) in [5.41, 5.74) is 1.01. The van der Waals surface area contributed by atoms with Gasteiger partial charge in [-0.3, -0.25) is 9.69 Å². The van der Waals surface area contributed by atoms with E-state index in [9.17, 15) is 4.79 Å². The first kappa shape index (κ1) is 25.6. The van der Waals surface area contributed by atoms with Crippen LogP contribution in [0.5, 0.6) is 0 Å². The molecule has 0 saturated carbocycles. The van der Waals surface area contributed by atoms with Crippen molar-refractivity contribution in [2.45, 2.75) is 46.1 Å². The van der Waals surface area contributed by atoms with Gasteiger partial charge < -0.3 is 20.0 Å². The molecular weight excluding hydrogens is 386 g/mol.